The second-order valence-corrected chi connectivity index (χ2v) is 34.6. The number of aliphatic hydroxyl groups excluding tert-OH is 2. The summed E-state index contributed by atoms with van der Waals surface area (Å²) < 4.78 is 101. The third-order valence-corrected chi connectivity index (χ3v) is 26.8. The Hall–Kier alpha value is -11.9. The zero-order valence-corrected chi connectivity index (χ0v) is 81.1. The van der Waals surface area contributed by atoms with Gasteiger partial charge in [0.05, 0.1) is 180 Å². The second kappa shape index (κ2) is 47.0. The van der Waals surface area contributed by atoms with Crippen LogP contribution in [0.2, 0.25) is 0 Å². The Labute approximate surface area is 782 Å². The zero-order valence-electron chi connectivity index (χ0n) is 81.1. The summed E-state index contributed by atoms with van der Waals surface area (Å²) >= 11 is 0. The number of ether oxygens (including phenoxy) is 16. The molecule has 0 heterocycles. The van der Waals surface area contributed by atoms with Crippen LogP contribution >= 0.6 is 0 Å². The first kappa shape index (κ1) is 99.1. The van der Waals surface area contributed by atoms with Gasteiger partial charge in [-0.2, -0.15) is 0 Å². The molecule has 2 aliphatic carbocycles. The first-order valence-electron chi connectivity index (χ1n) is 47.1. The van der Waals surface area contributed by atoms with Gasteiger partial charge in [-0.15, -0.1) is 0 Å². The van der Waals surface area contributed by atoms with Crippen molar-refractivity contribution in [3.8, 4) is 148 Å². The van der Waals surface area contributed by atoms with E-state index in [1.807, 2.05) is 146 Å². The Morgan fingerprint density at radius 3 is 0.682 bits per heavy atom. The van der Waals surface area contributed by atoms with Crippen LogP contribution in [0.1, 0.15) is 181 Å². The number of anilines is 6. The van der Waals surface area contributed by atoms with E-state index in [1.54, 1.807) is 97.5 Å². The van der Waals surface area contributed by atoms with Crippen LogP contribution in [-0.4, -0.2) is 144 Å². The number of nitrogens with zero attached hydrogens (tertiary/aromatic N) is 2. The molecule has 0 spiro atoms. The summed E-state index contributed by atoms with van der Waals surface area (Å²) in [6.45, 7) is 19.2. The molecule has 22 nitrogen and oxygen atoms in total. The van der Waals surface area contributed by atoms with Crippen molar-refractivity contribution in [3.63, 3.8) is 0 Å². The third-order valence-electron chi connectivity index (χ3n) is 26.8. The minimum atomic E-state index is -1.22. The van der Waals surface area contributed by atoms with E-state index in [1.165, 1.54) is 0 Å². The normalized spacial score (nSPS) is 16.3. The van der Waals surface area contributed by atoms with Crippen LogP contribution in [-0.2, 0) is 0 Å². The Kier molecular flexibility index (Phi) is 35.3. The van der Waals surface area contributed by atoms with E-state index in [4.69, 9.17) is 75.8 Å². The van der Waals surface area contributed by atoms with E-state index < -0.39 is 35.9 Å². The van der Waals surface area contributed by atoms with Crippen molar-refractivity contribution in [1.82, 2.24) is 0 Å². The highest BCUT2D eigenvalue weighted by molar-refractivity contribution is 5.92. The van der Waals surface area contributed by atoms with Gasteiger partial charge >= 0.3 is 0 Å². The highest BCUT2D eigenvalue weighted by Crippen LogP contribution is 2.68. The molecule has 2 fully saturated rings. The van der Waals surface area contributed by atoms with Gasteiger partial charge in [-0.25, -0.2) is 0 Å². The Morgan fingerprint density at radius 1 is 0.265 bits per heavy atom. The van der Waals surface area contributed by atoms with Gasteiger partial charge in [0.2, 0.25) is 0 Å². The van der Waals surface area contributed by atoms with Crippen LogP contribution in [0.4, 0.5) is 34.1 Å². The number of phenols is 2. The summed E-state index contributed by atoms with van der Waals surface area (Å²) in [5.74, 6) is 6.38. The van der Waals surface area contributed by atoms with Crippen molar-refractivity contribution in [2.45, 2.75) is 182 Å². The maximum absolute atomic E-state index is 13.4. The maximum atomic E-state index is 13.4. The van der Waals surface area contributed by atoms with Crippen LogP contribution in [0.25, 0.3) is 44.5 Å². The van der Waals surface area contributed by atoms with Gasteiger partial charge in [0.1, 0.15) is 103 Å². The number of hydrogen-bond donors (Lipinski definition) is 4. The van der Waals surface area contributed by atoms with Crippen molar-refractivity contribution in [2.75, 3.05) is 122 Å². The average Bonchev–Trinajstić information content (AvgIpc) is 1.53. The van der Waals surface area contributed by atoms with Gasteiger partial charge in [-0.3, -0.25) is 0 Å². The van der Waals surface area contributed by atoms with Crippen LogP contribution in [0.3, 0.4) is 0 Å². The molecule has 0 bridgehead atoms. The van der Waals surface area contributed by atoms with Crippen LogP contribution in [0.5, 0.6) is 103 Å². The molecule has 0 amide bonds. The topological polar surface area (TPSA) is 235 Å². The number of methoxy groups -OCH3 is 12. The molecule has 9 unspecified atom stereocenters. The molecule has 0 aromatic heterocycles. The molecular weight excluding hydrogens is 1670 g/mol. The Bertz CT molecular complexity index is 4770. The number of hydrogen-bond acceptors (Lipinski definition) is 22. The first-order chi connectivity index (χ1) is 64.2. The lowest BCUT2D eigenvalue weighted by molar-refractivity contribution is 0.0938. The molecule has 2 aliphatic rings. The summed E-state index contributed by atoms with van der Waals surface area (Å²) in [6.07, 6.45) is 13.5. The molecule has 10 aromatic rings. The standard InChI is InChI=1S/C110H140N2O20/c1-21-29-33-67(25-5)63-129-89-49-71(101-93(121-13)55-77(117-9)56-94(101)122-14)37-45-83(89)111(84-46-38-72(50-90(84)130-64-68(26-6)34-30-22-2)102-95(123-15)57-78(118-10)58-96(102)124-16)75-41-43-81(87(113)53-75)105-107-108(110(107)116)106(109(105)115)82-44-42-76(54-88(82)114)112(85-47-39-73(51-91(85)131-65-69(27-7)35-31-23-3)103-97(125-17)59-79(119-11)60-98(103)126-18)86-48-40-74(52-92(86)132-66-70(28-8)36-32-24-4)104-99(127-19)61-80(120-12)62-100(104)128-20/h37-62,67-70,105-110,113-116H,21-36,63-66H2,1-20H3/t67?,68?,69?,70?,105?,106?,107-,108?,109?,110?/m1/s1. The predicted octanol–water partition coefficient (Wildman–Crippen LogP) is 26.0. The number of benzene rings is 10. The van der Waals surface area contributed by atoms with E-state index in [2.05, 4.69) is 65.2 Å². The Balaban J connectivity index is 1.04. The lowest BCUT2D eigenvalue weighted by Gasteiger charge is -2.32. The SMILES string of the molecule is CCCCC(CC)COc1cc(-c2c(OC)cc(OC)cc2OC)ccc1N(c1ccc(C2C(O)C(c3ccc(N(c4ccc(-c5c(OC)cc(OC)cc5OC)cc4OCC(CC)CCCC)c4ccc(-c5c(OC)cc(OC)cc5OC)cc4OCC(CC)CCCC)cc3O)[C@H]3C(O)C23)c(O)c1)c1ccc(-c2c(OC)cc(OC)cc2OC)cc1OCC(CC)CCCC. The van der Waals surface area contributed by atoms with E-state index in [9.17, 15) is 20.4 Å². The molecule has 132 heavy (non-hydrogen) atoms. The fourth-order valence-corrected chi connectivity index (χ4v) is 18.9. The molecule has 0 radical (unpaired) electrons. The van der Waals surface area contributed by atoms with Gasteiger partial charge < -0.3 is 106 Å². The number of aliphatic hydroxyl groups is 2. The third kappa shape index (κ3) is 21.9. The molecule has 12 rings (SSSR count). The molecule has 4 N–H and O–H groups in total. The van der Waals surface area contributed by atoms with Crippen molar-refractivity contribution in [1.29, 1.82) is 0 Å². The molecule has 22 heteroatoms. The molecule has 0 saturated heterocycles. The van der Waals surface area contributed by atoms with E-state index in [0.717, 1.165) is 125 Å². The van der Waals surface area contributed by atoms with Gasteiger partial charge in [0, 0.05) is 95.5 Å². The molecule has 0 aliphatic heterocycles. The summed E-state index contributed by atoms with van der Waals surface area (Å²) in [5, 5.41) is 52.5. The van der Waals surface area contributed by atoms with Crippen molar-refractivity contribution >= 4 is 34.1 Å². The monoisotopic (exact) mass is 1810 g/mol. The zero-order chi connectivity index (χ0) is 94.4. The number of aromatic hydroxyl groups is 2. The average molecular weight is 1810 g/mol. The fourth-order valence-electron chi connectivity index (χ4n) is 18.9. The van der Waals surface area contributed by atoms with E-state index >= 15 is 0 Å². The van der Waals surface area contributed by atoms with Crippen molar-refractivity contribution in [2.24, 2.45) is 35.5 Å². The summed E-state index contributed by atoms with van der Waals surface area (Å²) in [6, 6.07) is 49.8. The highest BCUT2D eigenvalue weighted by atomic mass is 16.5. The van der Waals surface area contributed by atoms with Crippen LogP contribution in [0, 0.1) is 35.5 Å². The molecule has 710 valence electrons. The summed E-state index contributed by atoms with van der Waals surface area (Å²) in [5.41, 5.74) is 10.0. The largest absolute Gasteiger partial charge is 0.508 e. The van der Waals surface area contributed by atoms with Crippen molar-refractivity contribution in [3.05, 3.63) is 169 Å². The predicted molar refractivity (Wildman–Crippen MR) is 526 cm³/mol. The molecule has 10 aromatic carbocycles. The summed E-state index contributed by atoms with van der Waals surface area (Å²) in [7, 11) is 19.4. The number of rotatable bonds is 52. The van der Waals surface area contributed by atoms with Gasteiger partial charge in [0.15, 0.2) is 0 Å². The van der Waals surface area contributed by atoms with Gasteiger partial charge in [-0.05, 0) is 132 Å². The van der Waals surface area contributed by atoms with Gasteiger partial charge in [-0.1, -0.05) is 169 Å². The number of phenolic OH excluding ortho intramolecular Hbond substituents is 2. The smallest absolute Gasteiger partial charge is 0.143 e. The first-order valence-corrected chi connectivity index (χ1v) is 47.1. The van der Waals surface area contributed by atoms with E-state index in [-0.39, 0.29) is 35.2 Å². The molecule has 10 atom stereocenters. The molecule has 2 saturated carbocycles. The quantitative estimate of drug-likeness (QED) is 0.0277. The molecular formula is C110H140N2O20. The second-order valence-electron chi connectivity index (χ2n) is 34.6. The number of fused-ring (bicyclic) bond motifs is 1. The maximum Gasteiger partial charge on any atom is 0.143 e. The van der Waals surface area contributed by atoms with Crippen LogP contribution in [0.15, 0.2) is 158 Å². The fraction of sp³-hybridized carbons (Fsp3) is 0.455. The summed E-state index contributed by atoms with van der Waals surface area (Å²) in [4.78, 5) is 4.11. The lowest BCUT2D eigenvalue weighted by atomic mass is 9.83. The minimum absolute atomic E-state index is 0.128. The highest BCUT2D eigenvalue weighted by Gasteiger charge is 2.68. The van der Waals surface area contributed by atoms with Gasteiger partial charge in [0.25, 0.3) is 0 Å². The van der Waals surface area contributed by atoms with E-state index in [0.29, 0.717) is 186 Å². The minimum Gasteiger partial charge on any atom is -0.508 e. The lowest BCUT2D eigenvalue weighted by Crippen LogP contribution is -2.26. The van der Waals surface area contributed by atoms with Crippen molar-refractivity contribution < 1.29 is 96.2 Å². The Morgan fingerprint density at radius 2 is 0.492 bits per heavy atom. The number of unbranched alkanes of at least 4 members (excludes halogenated alkanes) is 4. The van der Waals surface area contributed by atoms with Crippen LogP contribution < -0.4 is 85.6 Å².